The van der Waals surface area contributed by atoms with E-state index in [1.54, 1.807) is 0 Å². The van der Waals surface area contributed by atoms with E-state index in [9.17, 15) is 0 Å². The molecular formula is C11H24N2O2. The molecule has 0 unspecified atom stereocenters. The van der Waals surface area contributed by atoms with Crippen LogP contribution in [0.3, 0.4) is 0 Å². The Labute approximate surface area is 92.8 Å². The molecule has 4 heteroatoms. The van der Waals surface area contributed by atoms with Gasteiger partial charge in [0.25, 0.3) is 0 Å². The molecule has 1 fully saturated rings. The molecule has 90 valence electrons. The van der Waals surface area contributed by atoms with Crippen molar-refractivity contribution in [1.29, 1.82) is 0 Å². The Morgan fingerprint density at radius 3 is 2.20 bits per heavy atom. The molecule has 1 aliphatic heterocycles. The molecule has 0 aliphatic carbocycles. The highest BCUT2D eigenvalue weighted by Gasteiger charge is 2.15. The topological polar surface area (TPSA) is 35.9 Å². The first-order chi connectivity index (χ1) is 7.36. The van der Waals surface area contributed by atoms with Crippen molar-refractivity contribution in [3.8, 4) is 0 Å². The minimum Gasteiger partial charge on any atom is -0.396 e. The number of hydrogen-bond acceptors (Lipinski definition) is 4. The minimum atomic E-state index is 0.310. The summed E-state index contributed by atoms with van der Waals surface area (Å²) in [6.45, 7) is 10.6. The van der Waals surface area contributed by atoms with Crippen LogP contribution in [-0.4, -0.2) is 74.0 Å². The maximum atomic E-state index is 8.74. The molecule has 1 N–H and O–H groups in total. The molecule has 1 aliphatic rings. The van der Waals surface area contributed by atoms with Gasteiger partial charge in [0.2, 0.25) is 0 Å². The predicted molar refractivity (Wildman–Crippen MR) is 61.1 cm³/mol. The number of nitrogens with zero attached hydrogens (tertiary/aromatic N) is 2. The number of piperazine rings is 1. The van der Waals surface area contributed by atoms with Crippen molar-refractivity contribution in [2.24, 2.45) is 0 Å². The lowest BCUT2D eigenvalue weighted by atomic mass is 10.3. The molecule has 0 spiro atoms. The van der Waals surface area contributed by atoms with Crippen LogP contribution in [0.4, 0.5) is 0 Å². The average Bonchev–Trinajstić information content (AvgIpc) is 2.28. The molecule has 0 aromatic heterocycles. The van der Waals surface area contributed by atoms with E-state index in [0.717, 1.165) is 58.9 Å². The molecule has 1 heterocycles. The monoisotopic (exact) mass is 216 g/mol. The second kappa shape index (κ2) is 8.05. The third kappa shape index (κ3) is 5.47. The summed E-state index contributed by atoms with van der Waals surface area (Å²) in [5, 5.41) is 8.74. The van der Waals surface area contributed by atoms with Crippen molar-refractivity contribution >= 4 is 0 Å². The van der Waals surface area contributed by atoms with E-state index >= 15 is 0 Å². The molecule has 0 saturated carbocycles. The van der Waals surface area contributed by atoms with Gasteiger partial charge in [0.1, 0.15) is 0 Å². The minimum absolute atomic E-state index is 0.310. The van der Waals surface area contributed by atoms with Gasteiger partial charge in [-0.3, -0.25) is 4.90 Å². The lowest BCUT2D eigenvalue weighted by molar-refractivity contribution is 0.0787. The average molecular weight is 216 g/mol. The normalized spacial score (nSPS) is 19.6. The quantitative estimate of drug-likeness (QED) is 0.609. The number of rotatable bonds is 7. The standard InChI is InChI=1S/C11H24N2O2/c1-2-15-11-9-13-7-5-12(6-8-13)4-3-10-14/h14H,2-11H2,1H3. The van der Waals surface area contributed by atoms with Crippen LogP contribution in [0.25, 0.3) is 0 Å². The maximum absolute atomic E-state index is 8.74. The fraction of sp³-hybridized carbons (Fsp3) is 1.00. The first-order valence-electron chi connectivity index (χ1n) is 6.00. The summed E-state index contributed by atoms with van der Waals surface area (Å²) in [5.41, 5.74) is 0. The van der Waals surface area contributed by atoms with E-state index in [2.05, 4.69) is 9.80 Å². The van der Waals surface area contributed by atoms with Crippen LogP contribution in [0.1, 0.15) is 13.3 Å². The molecule has 15 heavy (non-hydrogen) atoms. The predicted octanol–water partition coefficient (Wildman–Crippen LogP) is 0.0229. The SMILES string of the molecule is CCOCCN1CCN(CCCO)CC1. The molecule has 0 aromatic carbocycles. The van der Waals surface area contributed by atoms with Gasteiger partial charge < -0.3 is 14.7 Å². The Morgan fingerprint density at radius 1 is 1.07 bits per heavy atom. The van der Waals surface area contributed by atoms with Gasteiger partial charge in [-0.15, -0.1) is 0 Å². The van der Waals surface area contributed by atoms with Gasteiger partial charge in [-0.2, -0.15) is 0 Å². The molecule has 0 bridgehead atoms. The Kier molecular flexibility index (Phi) is 6.92. The van der Waals surface area contributed by atoms with Gasteiger partial charge in [-0.25, -0.2) is 0 Å². The summed E-state index contributed by atoms with van der Waals surface area (Å²) in [6.07, 6.45) is 0.902. The second-order valence-electron chi connectivity index (χ2n) is 3.96. The second-order valence-corrected chi connectivity index (χ2v) is 3.96. The van der Waals surface area contributed by atoms with Crippen LogP contribution in [0.15, 0.2) is 0 Å². The van der Waals surface area contributed by atoms with Gasteiger partial charge >= 0.3 is 0 Å². The van der Waals surface area contributed by atoms with Crippen molar-refractivity contribution in [2.75, 3.05) is 59.1 Å². The molecule has 4 nitrogen and oxygen atoms in total. The number of aliphatic hydroxyl groups is 1. The Hall–Kier alpha value is -0.160. The summed E-state index contributed by atoms with van der Waals surface area (Å²) in [7, 11) is 0. The fourth-order valence-corrected chi connectivity index (χ4v) is 1.87. The van der Waals surface area contributed by atoms with E-state index < -0.39 is 0 Å². The van der Waals surface area contributed by atoms with Crippen molar-refractivity contribution in [2.45, 2.75) is 13.3 Å². The van der Waals surface area contributed by atoms with Crippen LogP contribution >= 0.6 is 0 Å². The van der Waals surface area contributed by atoms with Crippen LogP contribution < -0.4 is 0 Å². The highest BCUT2D eigenvalue weighted by Crippen LogP contribution is 2.01. The molecule has 0 amide bonds. The maximum Gasteiger partial charge on any atom is 0.0593 e. The molecule has 0 aromatic rings. The molecular weight excluding hydrogens is 192 g/mol. The molecule has 1 saturated heterocycles. The third-order valence-electron chi connectivity index (χ3n) is 2.85. The third-order valence-corrected chi connectivity index (χ3v) is 2.85. The van der Waals surface area contributed by atoms with E-state index in [0.29, 0.717) is 6.61 Å². The highest BCUT2D eigenvalue weighted by atomic mass is 16.5. The Morgan fingerprint density at radius 2 is 1.67 bits per heavy atom. The number of aliphatic hydroxyl groups excluding tert-OH is 1. The van der Waals surface area contributed by atoms with Crippen molar-refractivity contribution in [3.63, 3.8) is 0 Å². The smallest absolute Gasteiger partial charge is 0.0593 e. The van der Waals surface area contributed by atoms with E-state index in [-0.39, 0.29) is 0 Å². The summed E-state index contributed by atoms with van der Waals surface area (Å²) >= 11 is 0. The van der Waals surface area contributed by atoms with Crippen molar-refractivity contribution < 1.29 is 9.84 Å². The lowest BCUT2D eigenvalue weighted by Crippen LogP contribution is -2.47. The van der Waals surface area contributed by atoms with Crippen LogP contribution in [-0.2, 0) is 4.74 Å². The molecule has 0 radical (unpaired) electrons. The van der Waals surface area contributed by atoms with Gasteiger partial charge in [0.05, 0.1) is 6.61 Å². The van der Waals surface area contributed by atoms with E-state index in [1.807, 2.05) is 6.92 Å². The van der Waals surface area contributed by atoms with Crippen molar-refractivity contribution in [1.82, 2.24) is 9.80 Å². The van der Waals surface area contributed by atoms with Crippen LogP contribution in [0.2, 0.25) is 0 Å². The largest absolute Gasteiger partial charge is 0.396 e. The Balaban J connectivity index is 2.02. The molecule has 0 atom stereocenters. The summed E-state index contributed by atoms with van der Waals surface area (Å²) in [5.74, 6) is 0. The summed E-state index contributed by atoms with van der Waals surface area (Å²) in [6, 6.07) is 0. The summed E-state index contributed by atoms with van der Waals surface area (Å²) in [4.78, 5) is 4.87. The first kappa shape index (κ1) is 12.9. The van der Waals surface area contributed by atoms with E-state index in [4.69, 9.17) is 9.84 Å². The van der Waals surface area contributed by atoms with Crippen molar-refractivity contribution in [3.05, 3.63) is 0 Å². The fourth-order valence-electron chi connectivity index (χ4n) is 1.87. The first-order valence-corrected chi connectivity index (χ1v) is 6.00. The van der Waals surface area contributed by atoms with E-state index in [1.165, 1.54) is 0 Å². The van der Waals surface area contributed by atoms with Gasteiger partial charge in [0, 0.05) is 52.5 Å². The number of hydrogen-bond donors (Lipinski definition) is 1. The van der Waals surface area contributed by atoms with Crippen LogP contribution in [0.5, 0.6) is 0 Å². The zero-order valence-corrected chi connectivity index (χ0v) is 9.82. The zero-order valence-electron chi connectivity index (χ0n) is 9.82. The lowest BCUT2D eigenvalue weighted by Gasteiger charge is -2.34. The van der Waals surface area contributed by atoms with Gasteiger partial charge in [0.15, 0.2) is 0 Å². The Bertz CT molecular complexity index is 148. The molecule has 1 rings (SSSR count). The number of ether oxygens (including phenoxy) is 1. The highest BCUT2D eigenvalue weighted by molar-refractivity contribution is 4.71. The zero-order chi connectivity index (χ0) is 10.9. The van der Waals surface area contributed by atoms with Gasteiger partial charge in [-0.1, -0.05) is 0 Å². The summed E-state index contributed by atoms with van der Waals surface area (Å²) < 4.78 is 5.34. The van der Waals surface area contributed by atoms with Crippen LogP contribution in [0, 0.1) is 0 Å². The van der Waals surface area contributed by atoms with Gasteiger partial charge in [-0.05, 0) is 13.3 Å².